The van der Waals surface area contributed by atoms with Crippen molar-refractivity contribution in [3.8, 4) is 6.07 Å². The summed E-state index contributed by atoms with van der Waals surface area (Å²) in [5.41, 5.74) is 8.57. The summed E-state index contributed by atoms with van der Waals surface area (Å²) in [5.74, 6) is -0.654. The minimum absolute atomic E-state index is 0.0386. The van der Waals surface area contributed by atoms with Gasteiger partial charge in [-0.3, -0.25) is 4.90 Å². The predicted molar refractivity (Wildman–Crippen MR) is 110 cm³/mol. The summed E-state index contributed by atoms with van der Waals surface area (Å²) in [6.45, 7) is 6.85. The van der Waals surface area contributed by atoms with E-state index in [-0.39, 0.29) is 18.1 Å². The number of esters is 1. The first-order valence-electron chi connectivity index (χ1n) is 10.3. The number of carbonyl (C=O) groups is 1. The van der Waals surface area contributed by atoms with E-state index in [2.05, 4.69) is 23.1 Å². The molecule has 2 aliphatic rings. The molecule has 2 aliphatic heterocycles. The number of rotatable bonds is 5. The highest BCUT2D eigenvalue weighted by Crippen LogP contribution is 2.39. The van der Waals surface area contributed by atoms with Crippen LogP contribution in [0.5, 0.6) is 0 Å². The average Bonchev–Trinajstić information content (AvgIpc) is 2.97. The minimum Gasteiger partial charge on any atom is -0.463 e. The summed E-state index contributed by atoms with van der Waals surface area (Å²) in [6.07, 6.45) is 5.13. The molecule has 154 valence electrons. The molecule has 29 heavy (non-hydrogen) atoms. The van der Waals surface area contributed by atoms with Gasteiger partial charge >= 0.3 is 5.97 Å². The van der Waals surface area contributed by atoms with E-state index >= 15 is 0 Å². The molecule has 6 nitrogen and oxygen atoms in total. The molecule has 2 N–H and O–H groups in total. The van der Waals surface area contributed by atoms with Gasteiger partial charge in [-0.05, 0) is 50.9 Å². The first-order chi connectivity index (χ1) is 14.0. The summed E-state index contributed by atoms with van der Waals surface area (Å²) in [6, 6.07) is 10.2. The molecule has 0 bridgehead atoms. The number of carbonyl (C=O) groups excluding carboxylic acids is 1. The van der Waals surface area contributed by atoms with Gasteiger partial charge < -0.3 is 15.2 Å². The second kappa shape index (κ2) is 9.62. The van der Waals surface area contributed by atoms with E-state index in [0.29, 0.717) is 11.3 Å². The number of nitrogens with two attached hydrogens (primary N) is 1. The van der Waals surface area contributed by atoms with E-state index < -0.39 is 11.9 Å². The number of nitriles is 1. The first kappa shape index (κ1) is 20.9. The quantitative estimate of drug-likeness (QED) is 0.765. The Balaban J connectivity index is 1.87. The molecule has 0 radical (unpaired) electrons. The Morgan fingerprint density at radius 1 is 1.24 bits per heavy atom. The van der Waals surface area contributed by atoms with E-state index in [1.807, 2.05) is 12.1 Å². The van der Waals surface area contributed by atoms with Crippen LogP contribution in [0.4, 0.5) is 0 Å². The van der Waals surface area contributed by atoms with Gasteiger partial charge in [0.15, 0.2) is 0 Å². The van der Waals surface area contributed by atoms with Crippen LogP contribution >= 0.6 is 0 Å². The zero-order chi connectivity index (χ0) is 20.8. The van der Waals surface area contributed by atoms with Gasteiger partial charge in [-0.1, -0.05) is 37.1 Å². The van der Waals surface area contributed by atoms with E-state index in [1.54, 1.807) is 13.8 Å². The Morgan fingerprint density at radius 3 is 2.48 bits per heavy atom. The van der Waals surface area contributed by atoms with Crippen LogP contribution in [0.25, 0.3) is 0 Å². The van der Waals surface area contributed by atoms with E-state index in [0.717, 1.165) is 25.2 Å². The number of likely N-dealkylation sites (tertiary alicyclic amines) is 1. The fourth-order valence-electron chi connectivity index (χ4n) is 4.06. The van der Waals surface area contributed by atoms with Crippen LogP contribution in [0.1, 0.15) is 56.6 Å². The fourth-order valence-corrected chi connectivity index (χ4v) is 4.06. The van der Waals surface area contributed by atoms with Crippen molar-refractivity contribution in [1.29, 1.82) is 5.26 Å². The SMILES string of the molecule is CCOC(=O)C1=C(C)OC(N)=C(C#N)C1c1ccc(CN2CCCCCC2)cc1. The Hall–Kier alpha value is -2.78. The highest BCUT2D eigenvalue weighted by Gasteiger charge is 2.36. The summed E-state index contributed by atoms with van der Waals surface area (Å²) >= 11 is 0. The number of nitrogens with zero attached hydrogens (tertiary/aromatic N) is 2. The predicted octanol–water partition coefficient (Wildman–Crippen LogP) is 3.71. The number of ether oxygens (including phenoxy) is 2. The Morgan fingerprint density at radius 2 is 1.90 bits per heavy atom. The van der Waals surface area contributed by atoms with Crippen LogP contribution in [0.2, 0.25) is 0 Å². The molecule has 1 saturated heterocycles. The zero-order valence-electron chi connectivity index (χ0n) is 17.2. The van der Waals surface area contributed by atoms with Crippen molar-refractivity contribution in [2.45, 2.75) is 52.0 Å². The van der Waals surface area contributed by atoms with Crippen molar-refractivity contribution >= 4 is 5.97 Å². The molecule has 2 heterocycles. The highest BCUT2D eigenvalue weighted by atomic mass is 16.5. The van der Waals surface area contributed by atoms with Crippen LogP contribution < -0.4 is 5.73 Å². The van der Waals surface area contributed by atoms with Crippen molar-refractivity contribution < 1.29 is 14.3 Å². The second-order valence-electron chi connectivity index (χ2n) is 7.55. The monoisotopic (exact) mass is 395 g/mol. The molecule has 0 aromatic heterocycles. The average molecular weight is 396 g/mol. The maximum Gasteiger partial charge on any atom is 0.338 e. The number of allylic oxidation sites excluding steroid dienone is 2. The third-order valence-electron chi connectivity index (χ3n) is 5.52. The van der Waals surface area contributed by atoms with Crippen LogP contribution in [-0.4, -0.2) is 30.6 Å². The lowest BCUT2D eigenvalue weighted by molar-refractivity contribution is -0.139. The van der Waals surface area contributed by atoms with Gasteiger partial charge in [0.25, 0.3) is 0 Å². The molecule has 1 atom stereocenters. The maximum atomic E-state index is 12.6. The third kappa shape index (κ3) is 4.80. The minimum atomic E-state index is -0.583. The van der Waals surface area contributed by atoms with Gasteiger partial charge in [0.2, 0.25) is 5.88 Å². The lowest BCUT2D eigenvalue weighted by Gasteiger charge is -2.27. The van der Waals surface area contributed by atoms with Gasteiger partial charge in [0, 0.05) is 6.54 Å². The third-order valence-corrected chi connectivity index (χ3v) is 5.52. The van der Waals surface area contributed by atoms with E-state index in [9.17, 15) is 10.1 Å². The van der Waals surface area contributed by atoms with Crippen molar-refractivity contribution in [2.75, 3.05) is 19.7 Å². The topological polar surface area (TPSA) is 88.6 Å². The van der Waals surface area contributed by atoms with Crippen molar-refractivity contribution in [3.63, 3.8) is 0 Å². The van der Waals surface area contributed by atoms with Crippen LogP contribution in [0, 0.1) is 11.3 Å². The molecule has 0 aliphatic carbocycles. The number of benzene rings is 1. The fraction of sp³-hybridized carbons (Fsp3) is 0.478. The largest absolute Gasteiger partial charge is 0.463 e. The maximum absolute atomic E-state index is 12.6. The molecule has 1 unspecified atom stereocenters. The second-order valence-corrected chi connectivity index (χ2v) is 7.55. The standard InChI is InChI=1S/C23H29N3O3/c1-3-28-23(27)20-16(2)29-22(25)19(14-24)21(20)18-10-8-17(9-11-18)15-26-12-6-4-5-7-13-26/h8-11,21H,3-7,12-13,15,25H2,1-2H3. The molecule has 1 aromatic rings. The van der Waals surface area contributed by atoms with Gasteiger partial charge in [-0.25, -0.2) is 4.79 Å². The van der Waals surface area contributed by atoms with Crippen LogP contribution in [-0.2, 0) is 20.8 Å². The lowest BCUT2D eigenvalue weighted by Crippen LogP contribution is -2.26. The normalized spacial score (nSPS) is 20.7. The summed E-state index contributed by atoms with van der Waals surface area (Å²) < 4.78 is 10.7. The van der Waals surface area contributed by atoms with E-state index in [4.69, 9.17) is 15.2 Å². The van der Waals surface area contributed by atoms with E-state index in [1.165, 1.54) is 31.2 Å². The number of hydrogen-bond acceptors (Lipinski definition) is 6. The van der Waals surface area contributed by atoms with Crippen molar-refractivity contribution in [2.24, 2.45) is 5.73 Å². The van der Waals surface area contributed by atoms with Crippen molar-refractivity contribution in [3.05, 3.63) is 58.2 Å². The molecule has 6 heteroatoms. The van der Waals surface area contributed by atoms with Crippen LogP contribution in [0.3, 0.4) is 0 Å². The van der Waals surface area contributed by atoms with Crippen molar-refractivity contribution in [1.82, 2.24) is 4.90 Å². The molecule has 0 spiro atoms. The molecule has 0 amide bonds. The molecule has 0 saturated carbocycles. The first-order valence-corrected chi connectivity index (χ1v) is 10.3. The zero-order valence-corrected chi connectivity index (χ0v) is 17.2. The number of hydrogen-bond donors (Lipinski definition) is 1. The van der Waals surface area contributed by atoms with Gasteiger partial charge in [-0.2, -0.15) is 5.26 Å². The summed E-state index contributed by atoms with van der Waals surface area (Å²) in [4.78, 5) is 15.1. The molecule has 3 rings (SSSR count). The van der Waals surface area contributed by atoms with Gasteiger partial charge in [0.1, 0.15) is 17.4 Å². The Labute approximate surface area is 172 Å². The lowest BCUT2D eigenvalue weighted by atomic mass is 9.83. The highest BCUT2D eigenvalue weighted by molar-refractivity contribution is 5.92. The van der Waals surface area contributed by atoms with Crippen LogP contribution in [0.15, 0.2) is 47.1 Å². The molecule has 1 fully saturated rings. The Kier molecular flexibility index (Phi) is 6.95. The summed E-state index contributed by atoms with van der Waals surface area (Å²) in [5, 5.41) is 9.66. The van der Waals surface area contributed by atoms with Gasteiger partial charge in [-0.15, -0.1) is 0 Å². The molecule has 1 aromatic carbocycles. The molecular weight excluding hydrogens is 366 g/mol. The summed E-state index contributed by atoms with van der Waals surface area (Å²) in [7, 11) is 0. The smallest absolute Gasteiger partial charge is 0.338 e. The van der Waals surface area contributed by atoms with Gasteiger partial charge in [0.05, 0.1) is 18.1 Å². The Bertz CT molecular complexity index is 841. The molecular formula is C23H29N3O3.